The third kappa shape index (κ3) is 4.39. The van der Waals surface area contributed by atoms with Gasteiger partial charge in [0.05, 0.1) is 23.9 Å². The summed E-state index contributed by atoms with van der Waals surface area (Å²) in [5.74, 6) is -3.57. The van der Waals surface area contributed by atoms with Crippen LogP contribution < -0.4 is 9.64 Å². The Kier molecular flexibility index (Phi) is 6.64. The number of carbonyl (C=O) groups is 2. The second kappa shape index (κ2) is 9.66. The van der Waals surface area contributed by atoms with Crippen molar-refractivity contribution in [3.05, 3.63) is 94.8 Å². The van der Waals surface area contributed by atoms with Crippen LogP contribution in [0.5, 0.6) is 5.75 Å². The lowest BCUT2D eigenvalue weighted by atomic mass is 9.93. The third-order valence-electron chi connectivity index (χ3n) is 5.82. The van der Waals surface area contributed by atoms with Crippen LogP contribution in [-0.4, -0.2) is 28.4 Å². The van der Waals surface area contributed by atoms with Crippen LogP contribution in [0.4, 0.5) is 14.5 Å². The van der Waals surface area contributed by atoms with Crippen molar-refractivity contribution in [2.75, 3.05) is 11.5 Å². The number of benzene rings is 2. The van der Waals surface area contributed by atoms with Crippen LogP contribution in [0.15, 0.2) is 66.5 Å². The fourth-order valence-electron chi connectivity index (χ4n) is 4.20. The zero-order chi connectivity index (χ0) is 25.3. The van der Waals surface area contributed by atoms with Crippen LogP contribution in [0.25, 0.3) is 5.76 Å². The highest BCUT2D eigenvalue weighted by molar-refractivity contribution is 6.51. The van der Waals surface area contributed by atoms with Crippen LogP contribution in [-0.2, 0) is 9.59 Å². The molecule has 1 N–H and O–H groups in total. The zero-order valence-electron chi connectivity index (χ0n) is 19.5. The molecule has 0 radical (unpaired) electrons. The number of Topliss-reactive ketones (excluding diaryl/α,β-unsaturated/α-hetero) is 1. The van der Waals surface area contributed by atoms with Crippen LogP contribution in [0.3, 0.4) is 0 Å². The second-order valence-electron chi connectivity index (χ2n) is 8.39. The Morgan fingerprint density at radius 3 is 2.54 bits per heavy atom. The van der Waals surface area contributed by atoms with Gasteiger partial charge in [-0.25, -0.2) is 8.78 Å². The first-order valence-corrected chi connectivity index (χ1v) is 11.2. The lowest BCUT2D eigenvalue weighted by Gasteiger charge is -2.25. The monoisotopic (exact) mass is 478 g/mol. The standard InChI is InChI=1S/C27H24F2N2O4/c1-4-35-22-10-7-16(12-19(22)15(2)3)25(32)23-24(17-6-5-11-30-14-17)31(27(34)26(23)33)21-9-8-18(28)13-20(21)29/h5-15,24,32H,4H2,1-3H3/b25-23-. The maximum atomic E-state index is 14.7. The van der Waals surface area contributed by atoms with Crippen LogP contribution >= 0.6 is 0 Å². The summed E-state index contributed by atoms with van der Waals surface area (Å²) in [4.78, 5) is 31.3. The Hall–Kier alpha value is -4.07. The van der Waals surface area contributed by atoms with Crippen molar-refractivity contribution >= 4 is 23.1 Å². The minimum atomic E-state index is -1.17. The molecular weight excluding hydrogens is 454 g/mol. The number of hydrogen-bond donors (Lipinski definition) is 1. The number of carbonyl (C=O) groups excluding carboxylic acids is 2. The molecule has 6 nitrogen and oxygen atoms in total. The number of ether oxygens (including phenoxy) is 1. The van der Waals surface area contributed by atoms with Crippen molar-refractivity contribution < 1.29 is 28.2 Å². The average Bonchev–Trinajstić information content (AvgIpc) is 3.10. The van der Waals surface area contributed by atoms with Gasteiger partial charge in [0.1, 0.15) is 23.1 Å². The van der Waals surface area contributed by atoms with E-state index >= 15 is 0 Å². The van der Waals surface area contributed by atoms with Gasteiger partial charge >= 0.3 is 0 Å². The molecular formula is C27H24F2N2O4. The fourth-order valence-corrected chi connectivity index (χ4v) is 4.20. The molecule has 1 amide bonds. The molecule has 0 spiro atoms. The van der Waals surface area contributed by atoms with Crippen molar-refractivity contribution in [2.45, 2.75) is 32.7 Å². The van der Waals surface area contributed by atoms with Crippen LogP contribution in [0.2, 0.25) is 0 Å². The van der Waals surface area contributed by atoms with E-state index in [-0.39, 0.29) is 17.2 Å². The van der Waals surface area contributed by atoms with Crippen LogP contribution in [0, 0.1) is 11.6 Å². The molecule has 0 saturated carbocycles. The Morgan fingerprint density at radius 1 is 1.14 bits per heavy atom. The van der Waals surface area contributed by atoms with Gasteiger partial charge < -0.3 is 9.84 Å². The smallest absolute Gasteiger partial charge is 0.300 e. The summed E-state index contributed by atoms with van der Waals surface area (Å²) in [6.45, 7) is 6.25. The molecule has 35 heavy (non-hydrogen) atoms. The number of amides is 1. The maximum absolute atomic E-state index is 14.7. The number of halogens is 2. The first-order chi connectivity index (χ1) is 16.7. The van der Waals surface area contributed by atoms with Gasteiger partial charge in [0.25, 0.3) is 11.7 Å². The predicted octanol–water partition coefficient (Wildman–Crippen LogP) is 5.51. The molecule has 3 aromatic rings. The third-order valence-corrected chi connectivity index (χ3v) is 5.82. The Balaban J connectivity index is 1.94. The number of anilines is 1. The van der Waals surface area contributed by atoms with E-state index in [1.54, 1.807) is 30.3 Å². The van der Waals surface area contributed by atoms with Crippen LogP contribution in [0.1, 0.15) is 49.4 Å². The maximum Gasteiger partial charge on any atom is 0.300 e. The van der Waals surface area contributed by atoms with E-state index in [9.17, 15) is 23.5 Å². The minimum Gasteiger partial charge on any atom is -0.507 e. The average molecular weight is 478 g/mol. The molecule has 1 saturated heterocycles. The van der Waals surface area contributed by atoms with Gasteiger partial charge in [-0.3, -0.25) is 19.5 Å². The molecule has 1 aliphatic rings. The lowest BCUT2D eigenvalue weighted by molar-refractivity contribution is -0.132. The molecule has 2 aromatic carbocycles. The Morgan fingerprint density at radius 2 is 1.91 bits per heavy atom. The highest BCUT2D eigenvalue weighted by Gasteiger charge is 2.48. The van der Waals surface area contributed by atoms with Crippen molar-refractivity contribution in [3.8, 4) is 5.75 Å². The predicted molar refractivity (Wildman–Crippen MR) is 127 cm³/mol. The highest BCUT2D eigenvalue weighted by atomic mass is 19.1. The van der Waals surface area contributed by atoms with Crippen molar-refractivity contribution in [2.24, 2.45) is 0 Å². The molecule has 1 atom stereocenters. The van der Waals surface area contributed by atoms with E-state index in [1.165, 1.54) is 12.4 Å². The number of aromatic nitrogens is 1. The van der Waals surface area contributed by atoms with Gasteiger partial charge in [-0.15, -0.1) is 0 Å². The van der Waals surface area contributed by atoms with E-state index in [2.05, 4.69) is 4.98 Å². The topological polar surface area (TPSA) is 79.7 Å². The van der Waals surface area contributed by atoms with E-state index in [0.29, 0.717) is 29.5 Å². The Bertz CT molecular complexity index is 1320. The van der Waals surface area contributed by atoms with E-state index in [4.69, 9.17) is 4.74 Å². The van der Waals surface area contributed by atoms with Gasteiger partial charge in [-0.05, 0) is 60.4 Å². The fraction of sp³-hybridized carbons (Fsp3) is 0.222. The first kappa shape index (κ1) is 24.1. The van der Waals surface area contributed by atoms with Gasteiger partial charge in [-0.1, -0.05) is 19.9 Å². The normalized spacial score (nSPS) is 17.3. The van der Waals surface area contributed by atoms with Gasteiger partial charge in [-0.2, -0.15) is 0 Å². The molecule has 4 rings (SSSR count). The number of rotatable bonds is 6. The van der Waals surface area contributed by atoms with Gasteiger partial charge in [0.15, 0.2) is 0 Å². The van der Waals surface area contributed by atoms with Crippen molar-refractivity contribution in [3.63, 3.8) is 0 Å². The first-order valence-electron chi connectivity index (χ1n) is 11.2. The number of nitrogens with zero attached hydrogens (tertiary/aromatic N) is 2. The molecule has 0 aliphatic carbocycles. The molecule has 1 aliphatic heterocycles. The summed E-state index contributed by atoms with van der Waals surface area (Å²) in [7, 11) is 0. The highest BCUT2D eigenvalue weighted by Crippen LogP contribution is 2.43. The number of pyridine rings is 1. The van der Waals surface area contributed by atoms with E-state index in [1.807, 2.05) is 20.8 Å². The molecule has 1 unspecified atom stereocenters. The quantitative estimate of drug-likeness (QED) is 0.287. The molecule has 1 aromatic heterocycles. The summed E-state index contributed by atoms with van der Waals surface area (Å²) in [5, 5.41) is 11.3. The largest absolute Gasteiger partial charge is 0.507 e. The minimum absolute atomic E-state index is 0.0501. The zero-order valence-corrected chi connectivity index (χ0v) is 19.5. The summed E-state index contributed by atoms with van der Waals surface area (Å²) in [6, 6.07) is 9.77. The lowest BCUT2D eigenvalue weighted by Crippen LogP contribution is -2.30. The Labute approximate surface area is 201 Å². The van der Waals surface area contributed by atoms with E-state index in [0.717, 1.165) is 22.6 Å². The number of aliphatic hydroxyl groups is 1. The second-order valence-corrected chi connectivity index (χ2v) is 8.39. The van der Waals surface area contributed by atoms with Gasteiger partial charge in [0.2, 0.25) is 0 Å². The van der Waals surface area contributed by atoms with E-state index < -0.39 is 35.1 Å². The van der Waals surface area contributed by atoms with Gasteiger partial charge in [0, 0.05) is 24.0 Å². The molecule has 1 fully saturated rings. The molecule has 0 bridgehead atoms. The summed E-state index contributed by atoms with van der Waals surface area (Å²) >= 11 is 0. The van der Waals surface area contributed by atoms with Crippen molar-refractivity contribution in [1.29, 1.82) is 0 Å². The number of aliphatic hydroxyl groups excluding tert-OH is 1. The molecule has 2 heterocycles. The summed E-state index contributed by atoms with van der Waals surface area (Å²) < 4.78 is 34.0. The summed E-state index contributed by atoms with van der Waals surface area (Å²) in [6.07, 6.45) is 2.94. The molecule has 180 valence electrons. The summed E-state index contributed by atoms with van der Waals surface area (Å²) in [5.41, 5.74) is 1.00. The number of ketones is 1. The SMILES string of the molecule is CCOc1ccc(/C(O)=C2/C(=O)C(=O)N(c3ccc(F)cc3F)C2c2cccnc2)cc1C(C)C. The molecule has 8 heteroatoms. The number of hydrogen-bond acceptors (Lipinski definition) is 5. The van der Waals surface area contributed by atoms with Crippen molar-refractivity contribution in [1.82, 2.24) is 4.98 Å².